The topological polar surface area (TPSA) is 62.2 Å². The van der Waals surface area contributed by atoms with Crippen LogP contribution in [0.5, 0.6) is 0 Å². The summed E-state index contributed by atoms with van der Waals surface area (Å²) in [6.45, 7) is 2.43. The van der Waals surface area contributed by atoms with E-state index in [-0.39, 0.29) is 16.8 Å². The lowest BCUT2D eigenvalue weighted by atomic mass is 9.70. The van der Waals surface area contributed by atoms with E-state index in [1.807, 2.05) is 6.92 Å². The molecule has 0 unspecified atom stereocenters. The first-order chi connectivity index (χ1) is 9.21. The van der Waals surface area contributed by atoms with E-state index >= 15 is 0 Å². The third-order valence-electron chi connectivity index (χ3n) is 3.66. The molecular weight excluding hydrogens is 273 g/mol. The summed E-state index contributed by atoms with van der Waals surface area (Å²) < 4.78 is 37.8. The van der Waals surface area contributed by atoms with Gasteiger partial charge in [-0.3, -0.25) is 0 Å². The molecule has 1 saturated carbocycles. The molecule has 2 N–H and O–H groups in total. The molecule has 7 heteroatoms. The number of halogens is 3. The molecule has 4 nitrogen and oxygen atoms in total. The molecule has 1 aliphatic rings. The fraction of sp³-hybridized carbons (Fsp3) is 0.538. The van der Waals surface area contributed by atoms with Gasteiger partial charge in [0.05, 0.1) is 0 Å². The van der Waals surface area contributed by atoms with Crippen molar-refractivity contribution in [3.8, 4) is 0 Å². The molecule has 0 spiro atoms. The number of hydrogen-bond donors (Lipinski definition) is 2. The molecule has 1 aromatic rings. The maximum absolute atomic E-state index is 12.6. The normalized spacial score (nSPS) is 17.4. The van der Waals surface area contributed by atoms with Crippen molar-refractivity contribution < 1.29 is 23.1 Å². The summed E-state index contributed by atoms with van der Waals surface area (Å²) in [4.78, 5) is 14.4. The number of aromatic nitrogens is 1. The zero-order valence-corrected chi connectivity index (χ0v) is 10.9. The summed E-state index contributed by atoms with van der Waals surface area (Å²) in [5, 5.41) is 11.8. The second kappa shape index (κ2) is 4.96. The van der Waals surface area contributed by atoms with Crippen LogP contribution < -0.4 is 5.32 Å². The van der Waals surface area contributed by atoms with E-state index in [4.69, 9.17) is 5.11 Å². The largest absolute Gasteiger partial charge is 0.478 e. The van der Waals surface area contributed by atoms with Crippen LogP contribution in [0.4, 0.5) is 19.0 Å². The highest BCUT2D eigenvalue weighted by atomic mass is 19.4. The smallest absolute Gasteiger partial charge is 0.433 e. The van der Waals surface area contributed by atoms with Gasteiger partial charge < -0.3 is 10.4 Å². The van der Waals surface area contributed by atoms with Crippen LogP contribution in [-0.4, -0.2) is 22.6 Å². The number of carboxylic acid groups (broad SMARTS) is 1. The average molecular weight is 288 g/mol. The van der Waals surface area contributed by atoms with Gasteiger partial charge in [-0.05, 0) is 30.4 Å². The molecule has 110 valence electrons. The first kappa shape index (κ1) is 14.6. The number of rotatable bonds is 4. The van der Waals surface area contributed by atoms with Crippen LogP contribution in [0.15, 0.2) is 12.1 Å². The van der Waals surface area contributed by atoms with E-state index in [9.17, 15) is 18.0 Å². The molecule has 0 saturated heterocycles. The molecule has 1 aliphatic carbocycles. The number of nitrogens with zero attached hydrogens (tertiary/aromatic N) is 1. The summed E-state index contributed by atoms with van der Waals surface area (Å²) in [6.07, 6.45) is -1.56. The Balaban J connectivity index is 2.25. The lowest BCUT2D eigenvalue weighted by Gasteiger charge is -2.38. The first-order valence-corrected chi connectivity index (χ1v) is 6.27. The van der Waals surface area contributed by atoms with Crippen LogP contribution in [0.2, 0.25) is 0 Å². The van der Waals surface area contributed by atoms with Gasteiger partial charge >= 0.3 is 12.1 Å². The number of aromatic carboxylic acids is 1. The molecule has 1 aromatic heterocycles. The lowest BCUT2D eigenvalue weighted by Crippen LogP contribution is -2.34. The van der Waals surface area contributed by atoms with Gasteiger partial charge in [0.2, 0.25) is 0 Å². The van der Waals surface area contributed by atoms with Crippen molar-refractivity contribution in [2.24, 2.45) is 5.41 Å². The number of pyridine rings is 1. The third-order valence-corrected chi connectivity index (χ3v) is 3.66. The minimum Gasteiger partial charge on any atom is -0.478 e. The predicted octanol–water partition coefficient (Wildman–Crippen LogP) is 3.40. The number of carboxylic acids is 1. The average Bonchev–Trinajstić information content (AvgIpc) is 2.32. The highest BCUT2D eigenvalue weighted by molar-refractivity contribution is 5.93. The Morgan fingerprint density at radius 1 is 1.45 bits per heavy atom. The Kier molecular flexibility index (Phi) is 3.62. The maximum Gasteiger partial charge on any atom is 0.433 e. The second-order valence-electron chi connectivity index (χ2n) is 5.41. The predicted molar refractivity (Wildman–Crippen MR) is 66.6 cm³/mol. The van der Waals surface area contributed by atoms with Gasteiger partial charge in [0.1, 0.15) is 17.1 Å². The fourth-order valence-corrected chi connectivity index (χ4v) is 2.18. The van der Waals surface area contributed by atoms with E-state index in [1.54, 1.807) is 0 Å². The molecule has 0 amide bonds. The van der Waals surface area contributed by atoms with E-state index in [0.29, 0.717) is 12.6 Å². The third kappa shape index (κ3) is 3.02. The second-order valence-corrected chi connectivity index (χ2v) is 5.41. The van der Waals surface area contributed by atoms with E-state index in [1.165, 1.54) is 0 Å². The van der Waals surface area contributed by atoms with Gasteiger partial charge in [-0.1, -0.05) is 13.3 Å². The molecule has 2 rings (SSSR count). The van der Waals surface area contributed by atoms with Gasteiger partial charge in [-0.15, -0.1) is 0 Å². The number of carbonyl (C=O) groups is 1. The standard InChI is InChI=1S/C13H15F3N2O2/c1-12(5-2-6-12)7-17-10-8(11(19)20)3-4-9(18-10)13(14,15)16/h3-4H,2,5-7H2,1H3,(H,17,18)(H,19,20). The summed E-state index contributed by atoms with van der Waals surface area (Å²) in [5.74, 6) is -1.52. The van der Waals surface area contributed by atoms with Gasteiger partial charge in [0.15, 0.2) is 0 Å². The highest BCUT2D eigenvalue weighted by Gasteiger charge is 2.35. The van der Waals surface area contributed by atoms with Gasteiger partial charge in [-0.2, -0.15) is 13.2 Å². The van der Waals surface area contributed by atoms with Crippen LogP contribution in [0.1, 0.15) is 42.2 Å². The summed E-state index contributed by atoms with van der Waals surface area (Å²) in [6, 6.07) is 1.61. The van der Waals surface area contributed by atoms with E-state index in [2.05, 4.69) is 10.3 Å². The first-order valence-electron chi connectivity index (χ1n) is 6.27. The number of anilines is 1. The highest BCUT2D eigenvalue weighted by Crippen LogP contribution is 2.40. The fourth-order valence-electron chi connectivity index (χ4n) is 2.18. The number of alkyl halides is 3. The Morgan fingerprint density at radius 3 is 2.55 bits per heavy atom. The van der Waals surface area contributed by atoms with Crippen LogP contribution >= 0.6 is 0 Å². The minimum absolute atomic E-state index is 0.00565. The Hall–Kier alpha value is -1.79. The molecule has 0 aromatic carbocycles. The minimum atomic E-state index is -4.59. The number of nitrogens with one attached hydrogen (secondary N) is 1. The molecule has 1 fully saturated rings. The maximum atomic E-state index is 12.6. The van der Waals surface area contributed by atoms with E-state index in [0.717, 1.165) is 25.3 Å². The van der Waals surface area contributed by atoms with Crippen molar-refractivity contribution in [3.63, 3.8) is 0 Å². The molecule has 20 heavy (non-hydrogen) atoms. The Labute approximate surface area is 114 Å². The molecule has 0 atom stereocenters. The van der Waals surface area contributed by atoms with Crippen LogP contribution in [0.25, 0.3) is 0 Å². The summed E-state index contributed by atoms with van der Waals surface area (Å²) in [7, 11) is 0. The zero-order valence-electron chi connectivity index (χ0n) is 10.9. The van der Waals surface area contributed by atoms with Gasteiger partial charge in [0.25, 0.3) is 0 Å². The van der Waals surface area contributed by atoms with Crippen molar-refractivity contribution in [2.75, 3.05) is 11.9 Å². The van der Waals surface area contributed by atoms with E-state index < -0.39 is 17.8 Å². The van der Waals surface area contributed by atoms with Crippen molar-refractivity contribution in [1.29, 1.82) is 0 Å². The van der Waals surface area contributed by atoms with Gasteiger partial charge in [0, 0.05) is 6.54 Å². The zero-order chi connectivity index (χ0) is 15.0. The van der Waals surface area contributed by atoms with Crippen molar-refractivity contribution in [1.82, 2.24) is 4.98 Å². The molecule has 1 heterocycles. The molecule has 0 bridgehead atoms. The monoisotopic (exact) mass is 288 g/mol. The van der Waals surface area contributed by atoms with Crippen LogP contribution in [-0.2, 0) is 6.18 Å². The Morgan fingerprint density at radius 2 is 2.10 bits per heavy atom. The SMILES string of the molecule is CC1(CNc2nc(C(F)(F)F)ccc2C(=O)O)CCC1. The number of hydrogen-bond acceptors (Lipinski definition) is 3. The summed E-state index contributed by atoms with van der Waals surface area (Å²) in [5.41, 5.74) is -1.34. The van der Waals surface area contributed by atoms with Crippen LogP contribution in [0, 0.1) is 5.41 Å². The quantitative estimate of drug-likeness (QED) is 0.891. The van der Waals surface area contributed by atoms with Crippen molar-refractivity contribution in [3.05, 3.63) is 23.4 Å². The molecule has 0 aliphatic heterocycles. The Bertz CT molecular complexity index is 525. The lowest BCUT2D eigenvalue weighted by molar-refractivity contribution is -0.141. The van der Waals surface area contributed by atoms with Gasteiger partial charge in [-0.25, -0.2) is 9.78 Å². The van der Waals surface area contributed by atoms with Crippen molar-refractivity contribution in [2.45, 2.75) is 32.4 Å². The van der Waals surface area contributed by atoms with Crippen LogP contribution in [0.3, 0.4) is 0 Å². The molecule has 0 radical (unpaired) electrons. The molecular formula is C13H15F3N2O2. The summed E-state index contributed by atoms with van der Waals surface area (Å²) >= 11 is 0. The van der Waals surface area contributed by atoms with Crippen molar-refractivity contribution >= 4 is 11.8 Å².